The van der Waals surface area contributed by atoms with Gasteiger partial charge in [-0.1, -0.05) is 0 Å². The van der Waals surface area contributed by atoms with Crippen LogP contribution in [0.25, 0.3) is 0 Å². The smallest absolute Gasteiger partial charge is 0.341 e. The van der Waals surface area contributed by atoms with Gasteiger partial charge in [-0.2, -0.15) is 10.2 Å². The molecule has 158 valence electrons. The van der Waals surface area contributed by atoms with Crippen LogP contribution in [0.1, 0.15) is 22.3 Å². The molecule has 2 aromatic rings. The zero-order chi connectivity index (χ0) is 21.7. The second-order valence-electron chi connectivity index (χ2n) is 6.77. The van der Waals surface area contributed by atoms with E-state index in [1.54, 1.807) is 6.20 Å². The number of esters is 1. The molecule has 1 saturated heterocycles. The average Bonchev–Trinajstić information content (AvgIpc) is 2.76. The van der Waals surface area contributed by atoms with Crippen molar-refractivity contribution < 1.29 is 24.1 Å². The lowest BCUT2D eigenvalue weighted by molar-refractivity contribution is 0.0597. The maximum Gasteiger partial charge on any atom is 0.341 e. The van der Waals surface area contributed by atoms with Crippen LogP contribution in [0.15, 0.2) is 18.3 Å². The molecule has 1 aromatic heterocycles. The van der Waals surface area contributed by atoms with E-state index < -0.39 is 5.97 Å². The Morgan fingerprint density at radius 2 is 2.20 bits per heavy atom. The highest BCUT2D eigenvalue weighted by molar-refractivity contribution is 5.95. The molecule has 3 N–H and O–H groups in total. The van der Waals surface area contributed by atoms with Gasteiger partial charge in [-0.25, -0.2) is 9.78 Å². The third kappa shape index (κ3) is 4.52. The van der Waals surface area contributed by atoms with Crippen LogP contribution in [0.3, 0.4) is 0 Å². The number of nitrogens with zero attached hydrogens (tertiary/aromatic N) is 3. The molecule has 2 heterocycles. The van der Waals surface area contributed by atoms with Gasteiger partial charge in [0.25, 0.3) is 0 Å². The number of hydrogen-bond acceptors (Lipinski definition) is 10. The lowest BCUT2D eigenvalue weighted by Gasteiger charge is -2.28. The summed E-state index contributed by atoms with van der Waals surface area (Å²) in [6.07, 6.45) is 2.30. The molecule has 10 heteroatoms. The van der Waals surface area contributed by atoms with Crippen LogP contribution in [-0.2, 0) is 9.47 Å². The number of ether oxygens (including phenoxy) is 3. The van der Waals surface area contributed by atoms with E-state index in [2.05, 4.69) is 26.7 Å². The molecule has 0 spiro atoms. The predicted octanol–water partition coefficient (Wildman–Crippen LogP) is 2.37. The summed E-state index contributed by atoms with van der Waals surface area (Å²) < 4.78 is 15.3. The molecule has 2 atom stereocenters. The predicted molar refractivity (Wildman–Crippen MR) is 108 cm³/mol. The number of aryl methyl sites for hydroxylation is 1. The van der Waals surface area contributed by atoms with Gasteiger partial charge in [0.15, 0.2) is 11.5 Å². The van der Waals surface area contributed by atoms with Crippen LogP contribution < -0.4 is 15.4 Å². The minimum Gasteiger partial charge on any atom is -0.504 e. The Kier molecular flexibility index (Phi) is 6.54. The number of methoxy groups -OCH3 is 2. The van der Waals surface area contributed by atoms with Gasteiger partial charge in [0.2, 0.25) is 5.95 Å². The van der Waals surface area contributed by atoms with Crippen molar-refractivity contribution in [2.45, 2.75) is 19.4 Å². The third-order valence-corrected chi connectivity index (χ3v) is 4.77. The van der Waals surface area contributed by atoms with Gasteiger partial charge >= 0.3 is 5.97 Å². The normalized spacial score (nSPS) is 18.2. The van der Waals surface area contributed by atoms with Gasteiger partial charge in [-0.05, 0) is 19.4 Å². The number of nitriles is 1. The number of carbonyl (C=O) groups is 1. The maximum absolute atomic E-state index is 11.9. The molecule has 30 heavy (non-hydrogen) atoms. The monoisotopic (exact) mass is 413 g/mol. The molecule has 0 aliphatic carbocycles. The fourth-order valence-corrected chi connectivity index (χ4v) is 3.09. The molecule has 2 unspecified atom stereocenters. The molecule has 0 bridgehead atoms. The summed E-state index contributed by atoms with van der Waals surface area (Å²) >= 11 is 0. The van der Waals surface area contributed by atoms with Crippen LogP contribution >= 0.6 is 0 Å². The summed E-state index contributed by atoms with van der Waals surface area (Å²) in [6, 6.07) is 5.06. The Morgan fingerprint density at radius 3 is 2.90 bits per heavy atom. The molecule has 1 aromatic carbocycles. The number of hydrogen-bond donors (Lipinski definition) is 3. The first kappa shape index (κ1) is 21.1. The fraction of sp³-hybridized carbons (Fsp3) is 0.400. The van der Waals surface area contributed by atoms with Crippen molar-refractivity contribution in [1.82, 2.24) is 9.97 Å². The largest absolute Gasteiger partial charge is 0.504 e. The van der Waals surface area contributed by atoms with Gasteiger partial charge in [0.1, 0.15) is 11.4 Å². The summed E-state index contributed by atoms with van der Waals surface area (Å²) in [5.74, 6) is -0.266. The van der Waals surface area contributed by atoms with E-state index >= 15 is 0 Å². The number of nitrogens with one attached hydrogen (secondary N) is 2. The van der Waals surface area contributed by atoms with E-state index in [1.165, 1.54) is 26.4 Å². The summed E-state index contributed by atoms with van der Waals surface area (Å²) in [4.78, 5) is 20.7. The number of carbonyl (C=O) groups excluding carboxylic acids is 1. The SMILES string of the molecule is COC(=O)c1cc(Nc2ncc(C)c(NC3COCCC3C#N)n2)cc(OC)c1O. The molecular weight excluding hydrogens is 390 g/mol. The number of anilines is 3. The Labute approximate surface area is 173 Å². The maximum atomic E-state index is 11.9. The Bertz CT molecular complexity index is 975. The third-order valence-electron chi connectivity index (χ3n) is 4.77. The van der Waals surface area contributed by atoms with E-state index in [-0.39, 0.29) is 35.0 Å². The van der Waals surface area contributed by atoms with Crippen molar-refractivity contribution >= 4 is 23.4 Å². The van der Waals surface area contributed by atoms with Crippen molar-refractivity contribution in [3.05, 3.63) is 29.5 Å². The minimum atomic E-state index is -0.707. The number of phenols is 1. The Balaban J connectivity index is 1.86. The molecule has 1 fully saturated rings. The van der Waals surface area contributed by atoms with Gasteiger partial charge < -0.3 is 30.0 Å². The number of rotatable bonds is 6. The second kappa shape index (κ2) is 9.28. The van der Waals surface area contributed by atoms with Crippen molar-refractivity contribution in [2.24, 2.45) is 5.92 Å². The number of aromatic hydroxyl groups is 1. The Morgan fingerprint density at radius 1 is 1.40 bits per heavy atom. The molecule has 0 radical (unpaired) electrons. The zero-order valence-electron chi connectivity index (χ0n) is 16.9. The zero-order valence-corrected chi connectivity index (χ0v) is 16.9. The number of aromatic nitrogens is 2. The van der Waals surface area contributed by atoms with E-state index in [4.69, 9.17) is 14.2 Å². The molecule has 10 nitrogen and oxygen atoms in total. The summed E-state index contributed by atoms with van der Waals surface area (Å²) in [7, 11) is 2.60. The standard InChI is InChI=1S/C20H23N5O5/c1-11-9-22-20(25-18(11)24-15-10-30-5-4-12(15)8-21)23-13-6-14(19(27)29-3)17(26)16(7-13)28-2/h6-7,9,12,15,26H,4-5,10H2,1-3H3,(H2,22,23,24,25). The molecule has 1 aliphatic heterocycles. The highest BCUT2D eigenvalue weighted by Gasteiger charge is 2.26. The van der Waals surface area contributed by atoms with Crippen LogP contribution in [-0.4, -0.2) is 54.5 Å². The number of benzene rings is 1. The fourth-order valence-electron chi connectivity index (χ4n) is 3.09. The van der Waals surface area contributed by atoms with Gasteiger partial charge in [-0.15, -0.1) is 0 Å². The van der Waals surface area contributed by atoms with Crippen LogP contribution in [0.5, 0.6) is 11.5 Å². The van der Waals surface area contributed by atoms with Gasteiger partial charge in [-0.3, -0.25) is 0 Å². The molecule has 1 aliphatic rings. The molecule has 0 saturated carbocycles. The molecule has 0 amide bonds. The van der Waals surface area contributed by atoms with E-state index in [0.29, 0.717) is 31.1 Å². The second-order valence-corrected chi connectivity index (χ2v) is 6.77. The summed E-state index contributed by atoms with van der Waals surface area (Å²) in [5, 5.41) is 25.8. The highest BCUT2D eigenvalue weighted by atomic mass is 16.5. The summed E-state index contributed by atoms with van der Waals surface area (Å²) in [5.41, 5.74) is 1.18. The first-order valence-corrected chi connectivity index (χ1v) is 9.30. The van der Waals surface area contributed by atoms with Crippen molar-refractivity contribution in [1.29, 1.82) is 5.26 Å². The number of phenolic OH excluding ortho intramolecular Hbond substituents is 1. The van der Waals surface area contributed by atoms with Gasteiger partial charge in [0.05, 0.1) is 38.9 Å². The Hall–Kier alpha value is -3.58. The van der Waals surface area contributed by atoms with Crippen LogP contribution in [0.2, 0.25) is 0 Å². The lowest BCUT2D eigenvalue weighted by atomic mass is 9.96. The topological polar surface area (TPSA) is 139 Å². The first-order chi connectivity index (χ1) is 14.5. The van der Waals surface area contributed by atoms with Crippen molar-refractivity contribution in [3.8, 4) is 17.6 Å². The average molecular weight is 413 g/mol. The van der Waals surface area contributed by atoms with Crippen LogP contribution in [0, 0.1) is 24.2 Å². The summed E-state index contributed by atoms with van der Waals surface area (Å²) in [6.45, 7) is 2.84. The minimum absolute atomic E-state index is 0.0546. The van der Waals surface area contributed by atoms with Crippen LogP contribution in [0.4, 0.5) is 17.5 Å². The lowest BCUT2D eigenvalue weighted by Crippen LogP contribution is -2.38. The van der Waals surface area contributed by atoms with E-state index in [9.17, 15) is 15.2 Å². The quantitative estimate of drug-likeness (QED) is 0.478. The van der Waals surface area contributed by atoms with E-state index in [0.717, 1.165) is 5.56 Å². The van der Waals surface area contributed by atoms with Crippen molar-refractivity contribution in [2.75, 3.05) is 38.1 Å². The van der Waals surface area contributed by atoms with Gasteiger partial charge in [0, 0.05) is 30.1 Å². The molecule has 3 rings (SSSR count). The first-order valence-electron chi connectivity index (χ1n) is 9.30. The van der Waals surface area contributed by atoms with E-state index in [1.807, 2.05) is 6.92 Å². The van der Waals surface area contributed by atoms with Crippen molar-refractivity contribution in [3.63, 3.8) is 0 Å². The molecular formula is C20H23N5O5. The highest BCUT2D eigenvalue weighted by Crippen LogP contribution is 2.35.